The van der Waals surface area contributed by atoms with Crippen molar-refractivity contribution in [1.82, 2.24) is 0 Å². The van der Waals surface area contributed by atoms with Crippen molar-refractivity contribution in [3.05, 3.63) is 87.9 Å². The second kappa shape index (κ2) is 7.63. The summed E-state index contributed by atoms with van der Waals surface area (Å²) in [7, 11) is 0. The van der Waals surface area contributed by atoms with E-state index in [4.69, 9.17) is 16.3 Å². The minimum Gasteiger partial charge on any atom is -0.455 e. The minimum atomic E-state index is -0.189. The number of hydrogen-bond acceptors (Lipinski definition) is 2. The van der Waals surface area contributed by atoms with Crippen LogP contribution in [0.3, 0.4) is 0 Å². The summed E-state index contributed by atoms with van der Waals surface area (Å²) in [5.41, 5.74) is 4.34. The van der Waals surface area contributed by atoms with Crippen LogP contribution in [0.2, 0.25) is 5.02 Å². The molecule has 0 saturated heterocycles. The molecule has 1 amide bonds. The SMILES string of the molecule is Cc1cc(C)c(C(=O)Nc2cc(Cl)ccc2Oc2ccccc2)cc1C. The monoisotopic (exact) mass is 365 g/mol. The van der Waals surface area contributed by atoms with Gasteiger partial charge in [-0.25, -0.2) is 0 Å². The normalized spacial score (nSPS) is 10.5. The Bertz CT molecular complexity index is 952. The van der Waals surface area contributed by atoms with E-state index in [1.165, 1.54) is 0 Å². The summed E-state index contributed by atoms with van der Waals surface area (Å²) in [6.45, 7) is 5.96. The Hall–Kier alpha value is -2.78. The summed E-state index contributed by atoms with van der Waals surface area (Å²) in [5.74, 6) is 1.04. The van der Waals surface area contributed by atoms with Crippen LogP contribution in [0.1, 0.15) is 27.0 Å². The van der Waals surface area contributed by atoms with Gasteiger partial charge in [0.2, 0.25) is 0 Å². The van der Waals surface area contributed by atoms with E-state index < -0.39 is 0 Å². The molecule has 0 saturated carbocycles. The lowest BCUT2D eigenvalue weighted by Crippen LogP contribution is -2.14. The quantitative estimate of drug-likeness (QED) is 0.588. The number of hydrogen-bond donors (Lipinski definition) is 1. The first kappa shape index (κ1) is 18.0. The lowest BCUT2D eigenvalue weighted by molar-refractivity contribution is 0.102. The number of anilines is 1. The molecule has 0 aromatic heterocycles. The van der Waals surface area contributed by atoms with E-state index in [1.807, 2.05) is 63.2 Å². The van der Waals surface area contributed by atoms with Crippen molar-refractivity contribution >= 4 is 23.2 Å². The van der Waals surface area contributed by atoms with Crippen molar-refractivity contribution in [3.8, 4) is 11.5 Å². The highest BCUT2D eigenvalue weighted by Gasteiger charge is 2.14. The summed E-state index contributed by atoms with van der Waals surface area (Å²) in [5, 5.41) is 3.45. The number of halogens is 1. The molecule has 3 aromatic rings. The molecule has 4 heteroatoms. The lowest BCUT2D eigenvalue weighted by Gasteiger charge is -2.14. The summed E-state index contributed by atoms with van der Waals surface area (Å²) < 4.78 is 5.90. The summed E-state index contributed by atoms with van der Waals surface area (Å²) in [4.78, 5) is 12.8. The Balaban J connectivity index is 1.91. The van der Waals surface area contributed by atoms with Crippen LogP contribution in [0, 0.1) is 20.8 Å². The molecule has 132 valence electrons. The van der Waals surface area contributed by atoms with Crippen LogP contribution in [0.25, 0.3) is 0 Å². The highest BCUT2D eigenvalue weighted by atomic mass is 35.5. The first-order valence-corrected chi connectivity index (χ1v) is 8.73. The van der Waals surface area contributed by atoms with Crippen molar-refractivity contribution in [2.75, 3.05) is 5.32 Å². The first-order chi connectivity index (χ1) is 12.4. The molecule has 0 unspecified atom stereocenters. The van der Waals surface area contributed by atoms with E-state index >= 15 is 0 Å². The molecule has 0 aliphatic heterocycles. The predicted octanol–water partition coefficient (Wildman–Crippen LogP) is 6.31. The van der Waals surface area contributed by atoms with Gasteiger partial charge in [-0.3, -0.25) is 4.79 Å². The van der Waals surface area contributed by atoms with Crippen LogP contribution in [0.4, 0.5) is 5.69 Å². The molecule has 26 heavy (non-hydrogen) atoms. The molecule has 0 spiro atoms. The molecule has 0 heterocycles. The van der Waals surface area contributed by atoms with Gasteiger partial charge in [0.05, 0.1) is 5.69 Å². The molecule has 3 rings (SSSR count). The van der Waals surface area contributed by atoms with E-state index in [0.717, 1.165) is 16.7 Å². The second-order valence-electron chi connectivity index (χ2n) is 6.26. The van der Waals surface area contributed by atoms with Gasteiger partial charge in [-0.05, 0) is 73.9 Å². The van der Waals surface area contributed by atoms with Gasteiger partial charge in [-0.1, -0.05) is 35.9 Å². The fourth-order valence-corrected chi connectivity index (χ4v) is 2.87. The molecule has 0 fully saturated rings. The average Bonchev–Trinajstić information content (AvgIpc) is 2.61. The number of benzene rings is 3. The third-order valence-electron chi connectivity index (χ3n) is 4.25. The van der Waals surface area contributed by atoms with Gasteiger partial charge in [-0.15, -0.1) is 0 Å². The molecule has 3 nitrogen and oxygen atoms in total. The maximum absolute atomic E-state index is 12.8. The van der Waals surface area contributed by atoms with Gasteiger partial charge in [0.15, 0.2) is 5.75 Å². The van der Waals surface area contributed by atoms with E-state index in [9.17, 15) is 4.79 Å². The molecule has 0 aliphatic rings. The third kappa shape index (κ3) is 4.06. The number of para-hydroxylation sites is 1. The summed E-state index contributed by atoms with van der Waals surface area (Å²) in [6, 6.07) is 18.5. The number of ether oxygens (including phenoxy) is 1. The van der Waals surface area contributed by atoms with Crippen molar-refractivity contribution in [2.45, 2.75) is 20.8 Å². The zero-order chi connectivity index (χ0) is 18.7. The smallest absolute Gasteiger partial charge is 0.256 e. The zero-order valence-corrected chi connectivity index (χ0v) is 15.7. The van der Waals surface area contributed by atoms with Gasteiger partial charge >= 0.3 is 0 Å². The number of amides is 1. The van der Waals surface area contributed by atoms with Crippen molar-refractivity contribution in [2.24, 2.45) is 0 Å². The van der Waals surface area contributed by atoms with Crippen LogP contribution < -0.4 is 10.1 Å². The molecule has 1 N–H and O–H groups in total. The molecule has 3 aromatic carbocycles. The van der Waals surface area contributed by atoms with Gasteiger partial charge in [-0.2, -0.15) is 0 Å². The molecular weight excluding hydrogens is 346 g/mol. The predicted molar refractivity (Wildman–Crippen MR) is 107 cm³/mol. The topological polar surface area (TPSA) is 38.3 Å². The molecule has 0 radical (unpaired) electrons. The van der Waals surface area contributed by atoms with Gasteiger partial charge in [0.25, 0.3) is 5.91 Å². The number of rotatable bonds is 4. The maximum atomic E-state index is 12.8. The molecule has 0 bridgehead atoms. The van der Waals surface area contributed by atoms with E-state index in [0.29, 0.717) is 27.8 Å². The Labute approximate surface area is 158 Å². The van der Waals surface area contributed by atoms with Crippen molar-refractivity contribution in [3.63, 3.8) is 0 Å². The van der Waals surface area contributed by atoms with E-state index in [-0.39, 0.29) is 5.91 Å². The summed E-state index contributed by atoms with van der Waals surface area (Å²) >= 11 is 6.12. The van der Waals surface area contributed by atoms with E-state index in [2.05, 4.69) is 5.32 Å². The Kier molecular flexibility index (Phi) is 5.29. The zero-order valence-electron chi connectivity index (χ0n) is 15.0. The fraction of sp³-hybridized carbons (Fsp3) is 0.136. The third-order valence-corrected chi connectivity index (χ3v) is 4.48. The number of aryl methyl sites for hydroxylation is 3. The lowest BCUT2D eigenvalue weighted by atomic mass is 10.0. The largest absolute Gasteiger partial charge is 0.455 e. The fourth-order valence-electron chi connectivity index (χ4n) is 2.70. The molecule has 0 aliphatic carbocycles. The van der Waals surface area contributed by atoms with Crippen LogP contribution in [0.5, 0.6) is 11.5 Å². The van der Waals surface area contributed by atoms with E-state index in [1.54, 1.807) is 18.2 Å². The summed E-state index contributed by atoms with van der Waals surface area (Å²) in [6.07, 6.45) is 0. The highest BCUT2D eigenvalue weighted by molar-refractivity contribution is 6.31. The Morgan fingerprint density at radius 2 is 1.58 bits per heavy atom. The van der Waals surface area contributed by atoms with Crippen molar-refractivity contribution < 1.29 is 9.53 Å². The highest BCUT2D eigenvalue weighted by Crippen LogP contribution is 2.32. The van der Waals surface area contributed by atoms with Gasteiger partial charge in [0.1, 0.15) is 5.75 Å². The standard InChI is InChI=1S/C22H20ClNO2/c1-14-11-16(3)19(12-15(14)2)22(25)24-20-13-17(23)9-10-21(20)26-18-7-5-4-6-8-18/h4-13H,1-3H3,(H,24,25). The van der Waals surface area contributed by atoms with Crippen LogP contribution >= 0.6 is 11.6 Å². The second-order valence-corrected chi connectivity index (χ2v) is 6.70. The van der Waals surface area contributed by atoms with Crippen LogP contribution in [-0.4, -0.2) is 5.91 Å². The number of nitrogens with one attached hydrogen (secondary N) is 1. The molecular formula is C22H20ClNO2. The van der Waals surface area contributed by atoms with Gasteiger partial charge < -0.3 is 10.1 Å². The Morgan fingerprint density at radius 3 is 2.31 bits per heavy atom. The number of carbonyl (C=O) groups is 1. The van der Waals surface area contributed by atoms with Crippen molar-refractivity contribution in [1.29, 1.82) is 0 Å². The van der Waals surface area contributed by atoms with Crippen LogP contribution in [-0.2, 0) is 0 Å². The molecule has 0 atom stereocenters. The van der Waals surface area contributed by atoms with Gasteiger partial charge in [0, 0.05) is 10.6 Å². The number of carbonyl (C=O) groups excluding carboxylic acids is 1. The first-order valence-electron chi connectivity index (χ1n) is 8.35. The van der Waals surface area contributed by atoms with Crippen LogP contribution in [0.15, 0.2) is 60.7 Å². The Morgan fingerprint density at radius 1 is 0.885 bits per heavy atom. The minimum absolute atomic E-state index is 0.189. The maximum Gasteiger partial charge on any atom is 0.256 e. The average molecular weight is 366 g/mol.